The third-order valence-electron chi connectivity index (χ3n) is 1.94. The van der Waals surface area contributed by atoms with E-state index in [2.05, 4.69) is 5.10 Å². The Morgan fingerprint density at radius 1 is 1.57 bits per heavy atom. The van der Waals surface area contributed by atoms with Crippen molar-refractivity contribution in [2.24, 2.45) is 7.05 Å². The van der Waals surface area contributed by atoms with Crippen LogP contribution in [0.4, 0.5) is 5.69 Å². The van der Waals surface area contributed by atoms with E-state index >= 15 is 0 Å². The Kier molecular flexibility index (Phi) is 1.85. The molecule has 0 atom stereocenters. The van der Waals surface area contributed by atoms with E-state index in [1.165, 1.54) is 0 Å². The maximum Gasteiger partial charge on any atom is 0.185 e. The number of nitrogens with zero attached hydrogens (tertiary/aromatic N) is 2. The number of furan rings is 1. The Labute approximate surface area is 80.1 Å². The summed E-state index contributed by atoms with van der Waals surface area (Å²) in [6, 6.07) is 3.28. The fraction of sp³-hybridized carbons (Fsp3) is 0.111. The summed E-state index contributed by atoms with van der Waals surface area (Å²) in [6.45, 7) is 0. The Bertz CT molecular complexity index is 451. The monoisotopic (exact) mass is 191 g/mol. The molecule has 72 valence electrons. The molecule has 0 spiro atoms. The lowest BCUT2D eigenvalue weighted by atomic mass is 10.3. The van der Waals surface area contributed by atoms with Gasteiger partial charge in [0, 0.05) is 7.05 Å². The Hall–Kier alpha value is -2.04. The number of rotatable bonds is 2. The smallest absolute Gasteiger partial charge is 0.185 e. The molecule has 0 aliphatic heterocycles. The standard InChI is InChI=1S/C9H9N3O2/c1-12-9(7(10)4-11-12)8-3-2-6(5-13)14-8/h2-5H,10H2,1H3. The van der Waals surface area contributed by atoms with E-state index in [1.54, 1.807) is 30.1 Å². The molecule has 2 heterocycles. The number of aromatic nitrogens is 2. The van der Waals surface area contributed by atoms with E-state index in [-0.39, 0.29) is 5.76 Å². The van der Waals surface area contributed by atoms with Crippen LogP contribution in [0.25, 0.3) is 11.5 Å². The summed E-state index contributed by atoms with van der Waals surface area (Å²) in [7, 11) is 1.76. The van der Waals surface area contributed by atoms with E-state index in [9.17, 15) is 4.79 Å². The zero-order valence-corrected chi connectivity index (χ0v) is 7.60. The van der Waals surface area contributed by atoms with Gasteiger partial charge in [-0.25, -0.2) is 0 Å². The van der Waals surface area contributed by atoms with Gasteiger partial charge in [-0.1, -0.05) is 0 Å². The zero-order chi connectivity index (χ0) is 10.1. The van der Waals surface area contributed by atoms with Crippen molar-refractivity contribution in [3.8, 4) is 11.5 Å². The summed E-state index contributed by atoms with van der Waals surface area (Å²) in [5, 5.41) is 3.97. The van der Waals surface area contributed by atoms with Gasteiger partial charge in [0.25, 0.3) is 0 Å². The van der Waals surface area contributed by atoms with Gasteiger partial charge in [0.05, 0.1) is 11.9 Å². The summed E-state index contributed by atoms with van der Waals surface area (Å²) in [5.74, 6) is 0.824. The number of nitrogens with two attached hydrogens (primary N) is 1. The normalized spacial score (nSPS) is 10.4. The van der Waals surface area contributed by atoms with Crippen LogP contribution in [0.5, 0.6) is 0 Å². The molecule has 2 aromatic rings. The van der Waals surface area contributed by atoms with Crippen molar-refractivity contribution in [2.45, 2.75) is 0 Å². The molecule has 2 rings (SSSR count). The lowest BCUT2D eigenvalue weighted by molar-refractivity contribution is 0.110. The summed E-state index contributed by atoms with van der Waals surface area (Å²) in [6.07, 6.45) is 2.19. The first-order valence-corrected chi connectivity index (χ1v) is 4.05. The molecule has 0 aromatic carbocycles. The van der Waals surface area contributed by atoms with Gasteiger partial charge in [0.1, 0.15) is 5.69 Å². The van der Waals surface area contributed by atoms with Crippen LogP contribution in [0, 0.1) is 0 Å². The molecule has 14 heavy (non-hydrogen) atoms. The average Bonchev–Trinajstić information content (AvgIpc) is 2.73. The van der Waals surface area contributed by atoms with Crippen LogP contribution < -0.4 is 5.73 Å². The van der Waals surface area contributed by atoms with Gasteiger partial charge in [0.2, 0.25) is 0 Å². The van der Waals surface area contributed by atoms with Gasteiger partial charge in [0.15, 0.2) is 17.8 Å². The minimum Gasteiger partial charge on any atom is -0.452 e. The van der Waals surface area contributed by atoms with Gasteiger partial charge in [-0.15, -0.1) is 0 Å². The molecule has 0 unspecified atom stereocenters. The minimum absolute atomic E-state index is 0.278. The van der Waals surface area contributed by atoms with E-state index in [1.807, 2.05) is 0 Å². The van der Waals surface area contributed by atoms with E-state index in [0.717, 1.165) is 0 Å². The number of hydrogen-bond acceptors (Lipinski definition) is 4. The van der Waals surface area contributed by atoms with Crippen molar-refractivity contribution in [3.63, 3.8) is 0 Å². The van der Waals surface area contributed by atoms with Crippen LogP contribution in [0.1, 0.15) is 10.6 Å². The molecule has 2 aromatic heterocycles. The highest BCUT2D eigenvalue weighted by Gasteiger charge is 2.12. The SMILES string of the molecule is Cn1ncc(N)c1-c1ccc(C=O)o1. The fourth-order valence-electron chi connectivity index (χ4n) is 1.30. The van der Waals surface area contributed by atoms with Crippen molar-refractivity contribution in [1.82, 2.24) is 9.78 Å². The molecule has 2 N–H and O–H groups in total. The molecular weight excluding hydrogens is 182 g/mol. The Morgan fingerprint density at radius 3 is 2.86 bits per heavy atom. The van der Waals surface area contributed by atoms with Gasteiger partial charge in [-0.3, -0.25) is 9.48 Å². The van der Waals surface area contributed by atoms with Crippen molar-refractivity contribution in [1.29, 1.82) is 0 Å². The highest BCUT2D eigenvalue weighted by molar-refractivity contribution is 5.74. The maximum atomic E-state index is 10.4. The zero-order valence-electron chi connectivity index (χ0n) is 7.60. The largest absolute Gasteiger partial charge is 0.452 e. The molecule has 5 heteroatoms. The number of hydrogen-bond donors (Lipinski definition) is 1. The number of anilines is 1. The van der Waals surface area contributed by atoms with Crippen molar-refractivity contribution in [3.05, 3.63) is 24.1 Å². The second kappa shape index (κ2) is 3.02. The van der Waals surface area contributed by atoms with Crippen LogP contribution >= 0.6 is 0 Å². The molecule has 0 amide bonds. The van der Waals surface area contributed by atoms with Crippen molar-refractivity contribution in [2.75, 3.05) is 5.73 Å². The average molecular weight is 191 g/mol. The highest BCUT2D eigenvalue weighted by Crippen LogP contribution is 2.26. The molecule has 0 aliphatic carbocycles. The summed E-state index contributed by atoms with van der Waals surface area (Å²) >= 11 is 0. The first-order valence-electron chi connectivity index (χ1n) is 4.05. The number of carbonyl (C=O) groups excluding carboxylic acids is 1. The summed E-state index contributed by atoms with van der Waals surface area (Å²) in [4.78, 5) is 10.4. The molecular formula is C9H9N3O2. The first-order chi connectivity index (χ1) is 6.72. The number of aryl methyl sites for hydroxylation is 1. The third-order valence-corrected chi connectivity index (χ3v) is 1.94. The predicted octanol–water partition coefficient (Wildman–Crippen LogP) is 1.07. The van der Waals surface area contributed by atoms with Crippen LogP contribution in [0.2, 0.25) is 0 Å². The molecule has 0 radical (unpaired) electrons. The van der Waals surface area contributed by atoms with E-state index < -0.39 is 0 Å². The van der Waals surface area contributed by atoms with Gasteiger partial charge in [-0.2, -0.15) is 5.10 Å². The van der Waals surface area contributed by atoms with Crippen molar-refractivity contribution >= 4 is 12.0 Å². The lowest BCUT2D eigenvalue weighted by Gasteiger charge is -1.98. The topological polar surface area (TPSA) is 74.1 Å². The molecule has 5 nitrogen and oxygen atoms in total. The molecule has 0 fully saturated rings. The molecule has 0 bridgehead atoms. The van der Waals surface area contributed by atoms with Crippen LogP contribution in [0.15, 0.2) is 22.7 Å². The summed E-state index contributed by atoms with van der Waals surface area (Å²) < 4.78 is 6.83. The fourth-order valence-corrected chi connectivity index (χ4v) is 1.30. The predicted molar refractivity (Wildman–Crippen MR) is 50.7 cm³/mol. The van der Waals surface area contributed by atoms with Crippen LogP contribution in [0.3, 0.4) is 0 Å². The van der Waals surface area contributed by atoms with E-state index in [0.29, 0.717) is 23.4 Å². The lowest BCUT2D eigenvalue weighted by Crippen LogP contribution is -1.94. The number of aldehydes is 1. The van der Waals surface area contributed by atoms with Gasteiger partial charge >= 0.3 is 0 Å². The quantitative estimate of drug-likeness (QED) is 0.720. The van der Waals surface area contributed by atoms with Crippen molar-refractivity contribution < 1.29 is 9.21 Å². The van der Waals surface area contributed by atoms with Crippen LogP contribution in [-0.4, -0.2) is 16.1 Å². The summed E-state index contributed by atoms with van der Waals surface area (Å²) in [5.41, 5.74) is 6.90. The Morgan fingerprint density at radius 2 is 2.36 bits per heavy atom. The first kappa shape index (κ1) is 8.55. The number of carbonyl (C=O) groups is 1. The van der Waals surface area contributed by atoms with Gasteiger partial charge < -0.3 is 10.2 Å². The second-order valence-electron chi connectivity index (χ2n) is 2.89. The van der Waals surface area contributed by atoms with Gasteiger partial charge in [-0.05, 0) is 12.1 Å². The highest BCUT2D eigenvalue weighted by atomic mass is 16.3. The van der Waals surface area contributed by atoms with Crippen LogP contribution in [-0.2, 0) is 7.05 Å². The molecule has 0 aliphatic rings. The number of nitrogen functional groups attached to an aromatic ring is 1. The Balaban J connectivity index is 2.53. The van der Waals surface area contributed by atoms with E-state index in [4.69, 9.17) is 10.2 Å². The molecule has 0 saturated heterocycles. The molecule has 0 saturated carbocycles. The second-order valence-corrected chi connectivity index (χ2v) is 2.89. The third kappa shape index (κ3) is 1.19. The maximum absolute atomic E-state index is 10.4. The minimum atomic E-state index is 0.278.